The summed E-state index contributed by atoms with van der Waals surface area (Å²) in [7, 11) is 0. The standard InChI is InChI=1S/C6H11N5O/c1-4(2)3-7-6(12)5-8-10-11-9-5/h4H,3H2,1-2H3,(H,7,12)(H,8,9,10,11). The molecule has 6 heteroatoms. The Labute approximate surface area is 69.7 Å². The summed E-state index contributed by atoms with van der Waals surface area (Å²) in [5.41, 5.74) is 0. The van der Waals surface area contributed by atoms with Crippen LogP contribution in [0.4, 0.5) is 0 Å². The van der Waals surface area contributed by atoms with Gasteiger partial charge in [-0.3, -0.25) is 4.79 Å². The Hall–Kier alpha value is -1.46. The summed E-state index contributed by atoms with van der Waals surface area (Å²) in [6, 6.07) is 0. The molecule has 0 atom stereocenters. The lowest BCUT2D eigenvalue weighted by molar-refractivity contribution is 0.0938. The van der Waals surface area contributed by atoms with Gasteiger partial charge in [-0.25, -0.2) is 0 Å². The number of rotatable bonds is 3. The van der Waals surface area contributed by atoms with Gasteiger partial charge in [0.15, 0.2) is 0 Å². The molecule has 1 rings (SSSR count). The van der Waals surface area contributed by atoms with Crippen molar-refractivity contribution in [3.05, 3.63) is 5.82 Å². The Morgan fingerprint density at radius 1 is 1.67 bits per heavy atom. The molecule has 1 amide bonds. The fourth-order valence-corrected chi connectivity index (χ4v) is 0.634. The van der Waals surface area contributed by atoms with Gasteiger partial charge in [0, 0.05) is 6.54 Å². The second-order valence-electron chi connectivity index (χ2n) is 2.84. The molecule has 0 spiro atoms. The average molecular weight is 169 g/mol. The van der Waals surface area contributed by atoms with Crippen LogP contribution in [0.5, 0.6) is 0 Å². The van der Waals surface area contributed by atoms with E-state index in [0.717, 1.165) is 0 Å². The van der Waals surface area contributed by atoms with Gasteiger partial charge in [-0.05, 0) is 11.1 Å². The summed E-state index contributed by atoms with van der Waals surface area (Å²) in [6.07, 6.45) is 0. The highest BCUT2D eigenvalue weighted by Gasteiger charge is 2.09. The zero-order valence-electron chi connectivity index (χ0n) is 7.03. The Morgan fingerprint density at radius 3 is 2.92 bits per heavy atom. The SMILES string of the molecule is CC(C)CNC(=O)c1nn[nH]n1. The summed E-state index contributed by atoms with van der Waals surface area (Å²) >= 11 is 0. The van der Waals surface area contributed by atoms with Crippen molar-refractivity contribution in [1.82, 2.24) is 25.9 Å². The molecule has 0 bridgehead atoms. The Kier molecular flexibility index (Phi) is 2.73. The van der Waals surface area contributed by atoms with Crippen LogP contribution >= 0.6 is 0 Å². The third-order valence-corrected chi connectivity index (χ3v) is 1.22. The van der Waals surface area contributed by atoms with E-state index in [4.69, 9.17) is 0 Å². The number of aromatic nitrogens is 4. The first-order valence-corrected chi connectivity index (χ1v) is 3.72. The summed E-state index contributed by atoms with van der Waals surface area (Å²) in [5, 5.41) is 15.2. The molecule has 0 fully saturated rings. The first-order valence-electron chi connectivity index (χ1n) is 3.72. The maximum absolute atomic E-state index is 11.1. The van der Waals surface area contributed by atoms with Crippen LogP contribution in [0.2, 0.25) is 0 Å². The van der Waals surface area contributed by atoms with Gasteiger partial charge in [0.25, 0.3) is 11.7 Å². The van der Waals surface area contributed by atoms with Gasteiger partial charge in [-0.1, -0.05) is 13.8 Å². The van der Waals surface area contributed by atoms with E-state index in [1.165, 1.54) is 0 Å². The van der Waals surface area contributed by atoms with Gasteiger partial charge in [-0.15, -0.1) is 10.2 Å². The molecule has 1 aromatic heterocycles. The summed E-state index contributed by atoms with van der Waals surface area (Å²) < 4.78 is 0. The van der Waals surface area contributed by atoms with Crippen LogP contribution in [0.25, 0.3) is 0 Å². The van der Waals surface area contributed by atoms with E-state index in [2.05, 4.69) is 25.9 Å². The average Bonchev–Trinajstić information content (AvgIpc) is 2.51. The minimum absolute atomic E-state index is 0.0793. The zero-order chi connectivity index (χ0) is 8.97. The van der Waals surface area contributed by atoms with Crippen molar-refractivity contribution >= 4 is 5.91 Å². The molecule has 6 nitrogen and oxygen atoms in total. The highest BCUT2D eigenvalue weighted by Crippen LogP contribution is 1.89. The molecule has 0 radical (unpaired) electrons. The first kappa shape index (κ1) is 8.63. The molecular formula is C6H11N5O. The number of tetrazole rings is 1. The van der Waals surface area contributed by atoms with Gasteiger partial charge < -0.3 is 5.32 Å². The van der Waals surface area contributed by atoms with E-state index in [-0.39, 0.29) is 11.7 Å². The minimum atomic E-state index is -0.294. The molecule has 1 heterocycles. The van der Waals surface area contributed by atoms with Crippen LogP contribution in [0.15, 0.2) is 0 Å². The molecule has 0 aliphatic carbocycles. The number of hydrogen-bond acceptors (Lipinski definition) is 4. The van der Waals surface area contributed by atoms with E-state index in [1.54, 1.807) is 0 Å². The van der Waals surface area contributed by atoms with Crippen LogP contribution < -0.4 is 5.32 Å². The van der Waals surface area contributed by atoms with Crippen LogP contribution in [-0.2, 0) is 0 Å². The number of nitrogens with zero attached hydrogens (tertiary/aromatic N) is 3. The molecular weight excluding hydrogens is 158 g/mol. The fourth-order valence-electron chi connectivity index (χ4n) is 0.634. The Bertz CT molecular complexity index is 242. The lowest BCUT2D eigenvalue weighted by Gasteiger charge is -2.03. The molecule has 0 aliphatic rings. The quantitative estimate of drug-likeness (QED) is 0.644. The van der Waals surface area contributed by atoms with E-state index in [9.17, 15) is 4.79 Å². The minimum Gasteiger partial charge on any atom is -0.349 e. The largest absolute Gasteiger partial charge is 0.349 e. The number of amides is 1. The third-order valence-electron chi connectivity index (χ3n) is 1.22. The van der Waals surface area contributed by atoms with Crippen molar-refractivity contribution in [3.63, 3.8) is 0 Å². The van der Waals surface area contributed by atoms with E-state index in [0.29, 0.717) is 12.5 Å². The number of nitrogens with one attached hydrogen (secondary N) is 2. The number of carbonyl (C=O) groups is 1. The van der Waals surface area contributed by atoms with Crippen molar-refractivity contribution in [3.8, 4) is 0 Å². The molecule has 0 aromatic carbocycles. The van der Waals surface area contributed by atoms with Crippen LogP contribution in [-0.4, -0.2) is 33.1 Å². The number of carbonyl (C=O) groups excluding carboxylic acids is 1. The van der Waals surface area contributed by atoms with Crippen molar-refractivity contribution in [2.75, 3.05) is 6.54 Å². The zero-order valence-corrected chi connectivity index (χ0v) is 7.03. The highest BCUT2D eigenvalue weighted by atomic mass is 16.2. The molecule has 0 unspecified atom stereocenters. The predicted molar refractivity (Wildman–Crippen MR) is 41.3 cm³/mol. The molecule has 1 aromatic rings. The molecule has 12 heavy (non-hydrogen) atoms. The second kappa shape index (κ2) is 3.80. The maximum Gasteiger partial charge on any atom is 0.292 e. The topological polar surface area (TPSA) is 83.6 Å². The Balaban J connectivity index is 2.40. The maximum atomic E-state index is 11.1. The summed E-state index contributed by atoms with van der Waals surface area (Å²) in [5.74, 6) is 0.203. The van der Waals surface area contributed by atoms with E-state index in [1.807, 2.05) is 13.8 Å². The van der Waals surface area contributed by atoms with Gasteiger partial charge in [0.1, 0.15) is 0 Å². The molecule has 66 valence electrons. The molecule has 0 saturated carbocycles. The number of H-pyrrole nitrogens is 1. The summed E-state index contributed by atoms with van der Waals surface area (Å²) in [4.78, 5) is 11.1. The van der Waals surface area contributed by atoms with Crippen molar-refractivity contribution in [2.24, 2.45) is 5.92 Å². The first-order chi connectivity index (χ1) is 5.70. The second-order valence-corrected chi connectivity index (χ2v) is 2.84. The predicted octanol–water partition coefficient (Wildman–Crippen LogP) is -0.415. The molecule has 2 N–H and O–H groups in total. The number of hydrogen-bond donors (Lipinski definition) is 2. The van der Waals surface area contributed by atoms with Crippen LogP contribution in [0.1, 0.15) is 24.5 Å². The van der Waals surface area contributed by atoms with Crippen molar-refractivity contribution in [1.29, 1.82) is 0 Å². The van der Waals surface area contributed by atoms with Gasteiger partial charge >= 0.3 is 0 Å². The lowest BCUT2D eigenvalue weighted by atomic mass is 10.2. The van der Waals surface area contributed by atoms with Crippen molar-refractivity contribution in [2.45, 2.75) is 13.8 Å². The Morgan fingerprint density at radius 2 is 2.42 bits per heavy atom. The normalized spacial score (nSPS) is 10.2. The molecule has 0 saturated heterocycles. The van der Waals surface area contributed by atoms with Crippen LogP contribution in [0, 0.1) is 5.92 Å². The highest BCUT2D eigenvalue weighted by molar-refractivity contribution is 5.89. The van der Waals surface area contributed by atoms with Gasteiger partial charge in [0.2, 0.25) is 0 Å². The lowest BCUT2D eigenvalue weighted by Crippen LogP contribution is -2.28. The van der Waals surface area contributed by atoms with Gasteiger partial charge in [-0.2, -0.15) is 5.21 Å². The van der Waals surface area contributed by atoms with E-state index < -0.39 is 0 Å². The van der Waals surface area contributed by atoms with Crippen molar-refractivity contribution < 1.29 is 4.79 Å². The smallest absolute Gasteiger partial charge is 0.292 e. The summed E-state index contributed by atoms with van der Waals surface area (Å²) in [6.45, 7) is 4.64. The number of aromatic amines is 1. The third kappa shape index (κ3) is 2.30. The molecule has 0 aliphatic heterocycles. The van der Waals surface area contributed by atoms with Gasteiger partial charge in [0.05, 0.1) is 0 Å². The van der Waals surface area contributed by atoms with E-state index >= 15 is 0 Å². The van der Waals surface area contributed by atoms with Crippen LogP contribution in [0.3, 0.4) is 0 Å². The fraction of sp³-hybridized carbons (Fsp3) is 0.667. The monoisotopic (exact) mass is 169 g/mol.